The first-order valence-corrected chi connectivity index (χ1v) is 6.81. The van der Waals surface area contributed by atoms with Crippen LogP contribution in [0.3, 0.4) is 0 Å². The summed E-state index contributed by atoms with van der Waals surface area (Å²) in [6.07, 6.45) is -2.11. The zero-order valence-electron chi connectivity index (χ0n) is 10.7. The number of hydrogen-bond donors (Lipinski definition) is 0. The maximum Gasteiger partial charge on any atom is 0.416 e. The fraction of sp³-hybridized carbons (Fsp3) is 0.0625. The molecular formula is C16H10BrF3O. The van der Waals surface area contributed by atoms with Crippen LogP contribution in [-0.2, 0) is 6.18 Å². The van der Waals surface area contributed by atoms with Gasteiger partial charge in [0.25, 0.3) is 0 Å². The van der Waals surface area contributed by atoms with Crippen LogP contribution in [-0.4, -0.2) is 5.78 Å². The van der Waals surface area contributed by atoms with Crippen molar-refractivity contribution < 1.29 is 18.0 Å². The van der Waals surface area contributed by atoms with Crippen molar-refractivity contribution in [1.29, 1.82) is 0 Å². The van der Waals surface area contributed by atoms with Gasteiger partial charge in [-0.3, -0.25) is 4.79 Å². The van der Waals surface area contributed by atoms with Crippen LogP contribution in [0, 0.1) is 0 Å². The molecule has 0 aliphatic rings. The van der Waals surface area contributed by atoms with E-state index < -0.39 is 11.7 Å². The molecule has 0 unspecified atom stereocenters. The molecule has 0 atom stereocenters. The van der Waals surface area contributed by atoms with Gasteiger partial charge >= 0.3 is 6.18 Å². The van der Waals surface area contributed by atoms with Crippen LogP contribution in [0.1, 0.15) is 21.5 Å². The molecule has 0 spiro atoms. The van der Waals surface area contributed by atoms with Gasteiger partial charge in [-0.2, -0.15) is 13.2 Å². The second-order valence-corrected chi connectivity index (χ2v) is 5.21. The summed E-state index contributed by atoms with van der Waals surface area (Å²) in [5.41, 5.74) is -0.387. The van der Waals surface area contributed by atoms with Crippen molar-refractivity contribution in [1.82, 2.24) is 0 Å². The van der Waals surface area contributed by atoms with Crippen molar-refractivity contribution in [3.63, 3.8) is 0 Å². The molecule has 0 saturated heterocycles. The number of carbonyl (C=O) groups is 1. The molecule has 0 aliphatic carbocycles. The van der Waals surface area contributed by atoms with Crippen molar-refractivity contribution >= 4 is 27.8 Å². The molecule has 0 bridgehead atoms. The van der Waals surface area contributed by atoms with Gasteiger partial charge in [-0.25, -0.2) is 0 Å². The smallest absolute Gasteiger partial charge is 0.289 e. The highest BCUT2D eigenvalue weighted by Crippen LogP contribution is 2.32. The molecule has 0 aromatic heterocycles. The topological polar surface area (TPSA) is 17.1 Å². The summed E-state index contributed by atoms with van der Waals surface area (Å²) in [6.45, 7) is 0. The lowest BCUT2D eigenvalue weighted by Crippen LogP contribution is -2.07. The third kappa shape index (κ3) is 4.04. The fourth-order valence-electron chi connectivity index (χ4n) is 1.80. The Bertz CT molecular complexity index is 690. The minimum absolute atomic E-state index is 0.0339. The standard InChI is InChI=1S/C16H10BrF3O/c17-13-6-3-5-12(10-13)15(21)9-8-11-4-1-2-7-14(11)16(18,19)20/h1-10H/b9-8+. The van der Waals surface area contributed by atoms with Gasteiger partial charge in [0.2, 0.25) is 0 Å². The van der Waals surface area contributed by atoms with Crippen LogP contribution in [0.25, 0.3) is 6.08 Å². The Labute approximate surface area is 128 Å². The van der Waals surface area contributed by atoms with E-state index in [0.29, 0.717) is 5.56 Å². The summed E-state index contributed by atoms with van der Waals surface area (Å²) >= 11 is 3.24. The Hall–Kier alpha value is -1.88. The van der Waals surface area contributed by atoms with Gasteiger partial charge in [0.15, 0.2) is 5.78 Å². The number of rotatable bonds is 3. The Balaban J connectivity index is 2.28. The first-order chi connectivity index (χ1) is 9.88. The molecule has 0 heterocycles. The Kier molecular flexibility index (Phi) is 4.63. The number of halogens is 4. The fourth-order valence-corrected chi connectivity index (χ4v) is 2.20. The zero-order chi connectivity index (χ0) is 15.5. The average Bonchev–Trinajstić information content (AvgIpc) is 2.44. The van der Waals surface area contributed by atoms with Gasteiger partial charge in [-0.05, 0) is 29.8 Å². The first kappa shape index (κ1) is 15.5. The first-order valence-electron chi connectivity index (χ1n) is 6.02. The van der Waals surface area contributed by atoms with Crippen LogP contribution >= 0.6 is 15.9 Å². The highest BCUT2D eigenvalue weighted by molar-refractivity contribution is 9.10. The molecule has 1 nitrogen and oxygen atoms in total. The monoisotopic (exact) mass is 354 g/mol. The predicted molar refractivity (Wildman–Crippen MR) is 79.0 cm³/mol. The summed E-state index contributed by atoms with van der Waals surface area (Å²) in [6, 6.07) is 11.8. The minimum atomic E-state index is -4.44. The Morgan fingerprint density at radius 3 is 2.43 bits per heavy atom. The molecule has 0 radical (unpaired) electrons. The lowest BCUT2D eigenvalue weighted by atomic mass is 10.0. The molecule has 108 valence electrons. The number of allylic oxidation sites excluding steroid dienone is 1. The molecule has 2 aromatic carbocycles. The van der Waals surface area contributed by atoms with Gasteiger partial charge in [0, 0.05) is 10.0 Å². The highest BCUT2D eigenvalue weighted by Gasteiger charge is 2.32. The van der Waals surface area contributed by atoms with E-state index in [4.69, 9.17) is 0 Å². The zero-order valence-corrected chi connectivity index (χ0v) is 12.3. The summed E-state index contributed by atoms with van der Waals surface area (Å²) in [4.78, 5) is 11.9. The van der Waals surface area contributed by atoms with E-state index in [0.717, 1.165) is 16.6 Å². The lowest BCUT2D eigenvalue weighted by Gasteiger charge is -2.09. The number of ketones is 1. The van der Waals surface area contributed by atoms with Crippen LogP contribution < -0.4 is 0 Å². The average molecular weight is 355 g/mol. The number of alkyl halides is 3. The van der Waals surface area contributed by atoms with E-state index in [9.17, 15) is 18.0 Å². The molecule has 2 aromatic rings. The van der Waals surface area contributed by atoms with E-state index >= 15 is 0 Å². The van der Waals surface area contributed by atoms with E-state index in [1.807, 2.05) is 0 Å². The maximum absolute atomic E-state index is 12.8. The maximum atomic E-state index is 12.8. The molecular weight excluding hydrogens is 345 g/mol. The molecule has 0 N–H and O–H groups in total. The van der Waals surface area contributed by atoms with Crippen LogP contribution in [0.5, 0.6) is 0 Å². The number of hydrogen-bond acceptors (Lipinski definition) is 1. The molecule has 0 amide bonds. The molecule has 0 fully saturated rings. The molecule has 2 rings (SSSR count). The Morgan fingerprint density at radius 1 is 1.05 bits per heavy atom. The van der Waals surface area contributed by atoms with Crippen LogP contribution in [0.2, 0.25) is 0 Å². The van der Waals surface area contributed by atoms with E-state index in [-0.39, 0.29) is 11.3 Å². The van der Waals surface area contributed by atoms with E-state index in [2.05, 4.69) is 15.9 Å². The number of carbonyl (C=O) groups excluding carboxylic acids is 1. The van der Waals surface area contributed by atoms with Gasteiger partial charge in [-0.15, -0.1) is 0 Å². The van der Waals surface area contributed by atoms with Crippen molar-refractivity contribution in [3.8, 4) is 0 Å². The van der Waals surface area contributed by atoms with Crippen molar-refractivity contribution in [3.05, 3.63) is 75.8 Å². The molecule has 21 heavy (non-hydrogen) atoms. The van der Waals surface area contributed by atoms with Gasteiger partial charge in [0.05, 0.1) is 5.56 Å². The molecule has 5 heteroatoms. The van der Waals surface area contributed by atoms with Crippen molar-refractivity contribution in [2.75, 3.05) is 0 Å². The predicted octanol–water partition coefficient (Wildman–Crippen LogP) is 5.36. The number of benzene rings is 2. The third-order valence-corrected chi connectivity index (χ3v) is 3.28. The second-order valence-electron chi connectivity index (χ2n) is 4.29. The summed E-state index contributed by atoms with van der Waals surface area (Å²) < 4.78 is 39.2. The molecule has 0 saturated carbocycles. The van der Waals surface area contributed by atoms with Crippen LogP contribution in [0.4, 0.5) is 13.2 Å². The Morgan fingerprint density at radius 2 is 1.76 bits per heavy atom. The lowest BCUT2D eigenvalue weighted by molar-refractivity contribution is -0.137. The highest BCUT2D eigenvalue weighted by atomic mass is 79.9. The quantitative estimate of drug-likeness (QED) is 0.535. The van der Waals surface area contributed by atoms with Crippen molar-refractivity contribution in [2.24, 2.45) is 0 Å². The van der Waals surface area contributed by atoms with Gasteiger partial charge in [0.1, 0.15) is 0 Å². The second kappa shape index (κ2) is 6.26. The summed E-state index contributed by atoms with van der Waals surface area (Å²) in [5.74, 6) is -0.353. The van der Waals surface area contributed by atoms with Crippen molar-refractivity contribution in [2.45, 2.75) is 6.18 Å². The van der Waals surface area contributed by atoms with Gasteiger partial charge in [-0.1, -0.05) is 52.3 Å². The third-order valence-electron chi connectivity index (χ3n) is 2.79. The van der Waals surface area contributed by atoms with Crippen LogP contribution in [0.15, 0.2) is 59.1 Å². The van der Waals surface area contributed by atoms with E-state index in [1.54, 1.807) is 24.3 Å². The van der Waals surface area contributed by atoms with E-state index in [1.165, 1.54) is 24.3 Å². The molecule has 0 aliphatic heterocycles. The largest absolute Gasteiger partial charge is 0.416 e. The normalized spacial score (nSPS) is 11.8. The summed E-state index contributed by atoms with van der Waals surface area (Å²) in [5, 5.41) is 0. The van der Waals surface area contributed by atoms with Gasteiger partial charge < -0.3 is 0 Å². The SMILES string of the molecule is O=C(/C=C/c1ccccc1C(F)(F)F)c1cccc(Br)c1. The minimum Gasteiger partial charge on any atom is -0.289 e. The summed E-state index contributed by atoms with van der Waals surface area (Å²) in [7, 11) is 0.